The summed E-state index contributed by atoms with van der Waals surface area (Å²) in [5, 5.41) is 0. The third kappa shape index (κ3) is 2.49. The second kappa shape index (κ2) is 4.77. The monoisotopic (exact) mass is 220 g/mol. The number of rotatable bonds is 3. The van der Waals surface area contributed by atoms with Crippen LogP contribution in [0.1, 0.15) is 37.7 Å². The zero-order chi connectivity index (χ0) is 11.4. The van der Waals surface area contributed by atoms with E-state index in [1.807, 2.05) is 0 Å². The quantitative estimate of drug-likeness (QED) is 0.712. The van der Waals surface area contributed by atoms with Crippen LogP contribution in [-0.4, -0.2) is 6.29 Å². The van der Waals surface area contributed by atoms with Crippen molar-refractivity contribution in [2.45, 2.75) is 38.5 Å². The van der Waals surface area contributed by atoms with E-state index < -0.39 is 0 Å². The highest BCUT2D eigenvalue weighted by Crippen LogP contribution is 2.37. The van der Waals surface area contributed by atoms with Gasteiger partial charge in [-0.25, -0.2) is 4.39 Å². The van der Waals surface area contributed by atoms with Gasteiger partial charge in [-0.3, -0.25) is 0 Å². The Kier molecular flexibility index (Phi) is 3.37. The Morgan fingerprint density at radius 3 is 2.31 bits per heavy atom. The standard InChI is InChI=1S/C14H17FO/c15-13-6-4-12(5-7-13)10-14(11-16)8-2-1-3-9-14/h4-7,11H,1-3,8-10H2. The number of hydrogen-bond donors (Lipinski definition) is 0. The molecule has 1 fully saturated rings. The molecule has 86 valence electrons. The molecule has 0 aliphatic heterocycles. The fourth-order valence-corrected chi connectivity index (χ4v) is 2.60. The maximum atomic E-state index is 12.8. The van der Waals surface area contributed by atoms with E-state index in [9.17, 15) is 9.18 Å². The lowest BCUT2D eigenvalue weighted by Crippen LogP contribution is -2.28. The van der Waals surface area contributed by atoms with Crippen LogP contribution in [0.2, 0.25) is 0 Å². The maximum absolute atomic E-state index is 12.8. The predicted octanol–water partition coefficient (Wildman–Crippen LogP) is 3.52. The van der Waals surface area contributed by atoms with E-state index in [0.29, 0.717) is 0 Å². The Hall–Kier alpha value is -1.18. The molecule has 0 spiro atoms. The summed E-state index contributed by atoms with van der Waals surface area (Å²) < 4.78 is 12.8. The smallest absolute Gasteiger partial charge is 0.126 e. The number of carbonyl (C=O) groups is 1. The summed E-state index contributed by atoms with van der Waals surface area (Å²) in [5.74, 6) is -0.215. The van der Waals surface area contributed by atoms with Crippen molar-refractivity contribution >= 4 is 6.29 Å². The van der Waals surface area contributed by atoms with Crippen molar-refractivity contribution in [2.24, 2.45) is 5.41 Å². The summed E-state index contributed by atoms with van der Waals surface area (Å²) in [6.45, 7) is 0. The zero-order valence-corrected chi connectivity index (χ0v) is 9.42. The van der Waals surface area contributed by atoms with E-state index in [2.05, 4.69) is 0 Å². The average Bonchev–Trinajstić information content (AvgIpc) is 2.33. The first-order valence-electron chi connectivity index (χ1n) is 5.95. The van der Waals surface area contributed by atoms with Crippen molar-refractivity contribution in [3.63, 3.8) is 0 Å². The van der Waals surface area contributed by atoms with Gasteiger partial charge in [-0.05, 0) is 37.0 Å². The van der Waals surface area contributed by atoms with Crippen LogP contribution in [0.15, 0.2) is 24.3 Å². The minimum Gasteiger partial charge on any atom is -0.303 e. The summed E-state index contributed by atoms with van der Waals surface area (Å²) in [6, 6.07) is 6.51. The fraction of sp³-hybridized carbons (Fsp3) is 0.500. The maximum Gasteiger partial charge on any atom is 0.126 e. The summed E-state index contributed by atoms with van der Waals surface area (Å²) in [4.78, 5) is 11.3. The van der Waals surface area contributed by atoms with Gasteiger partial charge in [0.1, 0.15) is 12.1 Å². The molecule has 1 saturated carbocycles. The summed E-state index contributed by atoms with van der Waals surface area (Å²) in [7, 11) is 0. The molecular weight excluding hydrogens is 203 g/mol. The molecule has 16 heavy (non-hydrogen) atoms. The molecule has 0 amide bonds. The summed E-state index contributed by atoms with van der Waals surface area (Å²) >= 11 is 0. The number of carbonyl (C=O) groups excluding carboxylic acids is 1. The first-order chi connectivity index (χ1) is 7.74. The van der Waals surface area contributed by atoms with Crippen molar-refractivity contribution in [2.75, 3.05) is 0 Å². The third-order valence-electron chi connectivity index (χ3n) is 3.57. The third-order valence-corrected chi connectivity index (χ3v) is 3.57. The van der Waals surface area contributed by atoms with Gasteiger partial charge in [-0.2, -0.15) is 0 Å². The van der Waals surface area contributed by atoms with Gasteiger partial charge in [0, 0.05) is 5.41 Å². The minimum atomic E-state index is -0.215. The molecule has 0 aromatic heterocycles. The second-order valence-electron chi connectivity index (χ2n) is 4.84. The van der Waals surface area contributed by atoms with Crippen LogP contribution in [-0.2, 0) is 11.2 Å². The number of aldehydes is 1. The molecule has 1 aromatic rings. The van der Waals surface area contributed by atoms with Gasteiger partial charge >= 0.3 is 0 Å². The van der Waals surface area contributed by atoms with Gasteiger partial charge in [-0.1, -0.05) is 31.4 Å². The van der Waals surface area contributed by atoms with Crippen molar-refractivity contribution in [1.29, 1.82) is 0 Å². The van der Waals surface area contributed by atoms with E-state index in [1.54, 1.807) is 12.1 Å². The zero-order valence-electron chi connectivity index (χ0n) is 9.42. The van der Waals surface area contributed by atoms with Crippen molar-refractivity contribution in [3.05, 3.63) is 35.6 Å². The molecule has 1 aromatic carbocycles. The van der Waals surface area contributed by atoms with Crippen LogP contribution < -0.4 is 0 Å². The molecule has 0 atom stereocenters. The average molecular weight is 220 g/mol. The van der Waals surface area contributed by atoms with Crippen LogP contribution >= 0.6 is 0 Å². The number of benzene rings is 1. The van der Waals surface area contributed by atoms with Crippen LogP contribution in [0.25, 0.3) is 0 Å². The minimum absolute atomic E-state index is 0.184. The predicted molar refractivity (Wildman–Crippen MR) is 61.7 cm³/mol. The Bertz CT molecular complexity index is 350. The van der Waals surface area contributed by atoms with Crippen LogP contribution in [0.5, 0.6) is 0 Å². The van der Waals surface area contributed by atoms with E-state index in [1.165, 1.54) is 18.6 Å². The Labute approximate surface area is 95.7 Å². The van der Waals surface area contributed by atoms with Crippen LogP contribution in [0, 0.1) is 11.2 Å². The van der Waals surface area contributed by atoms with Gasteiger partial charge in [-0.15, -0.1) is 0 Å². The fourth-order valence-electron chi connectivity index (χ4n) is 2.60. The molecule has 0 heterocycles. The summed E-state index contributed by atoms with van der Waals surface area (Å²) in [6.07, 6.45) is 7.35. The number of hydrogen-bond acceptors (Lipinski definition) is 1. The van der Waals surface area contributed by atoms with Crippen LogP contribution in [0.3, 0.4) is 0 Å². The van der Waals surface area contributed by atoms with E-state index in [0.717, 1.165) is 44.0 Å². The molecule has 2 heteroatoms. The summed E-state index contributed by atoms with van der Waals surface area (Å²) in [5.41, 5.74) is 0.881. The highest BCUT2D eigenvalue weighted by Gasteiger charge is 2.31. The van der Waals surface area contributed by atoms with Gasteiger partial charge in [0.25, 0.3) is 0 Å². The molecule has 1 aliphatic rings. The molecule has 0 N–H and O–H groups in total. The molecular formula is C14H17FO. The highest BCUT2D eigenvalue weighted by atomic mass is 19.1. The van der Waals surface area contributed by atoms with Crippen molar-refractivity contribution < 1.29 is 9.18 Å². The molecule has 0 bridgehead atoms. The number of halogens is 1. The van der Waals surface area contributed by atoms with Gasteiger partial charge in [0.15, 0.2) is 0 Å². The SMILES string of the molecule is O=CC1(Cc2ccc(F)cc2)CCCCC1. The van der Waals surface area contributed by atoms with E-state index in [4.69, 9.17) is 0 Å². The van der Waals surface area contributed by atoms with Crippen molar-refractivity contribution in [1.82, 2.24) is 0 Å². The first-order valence-corrected chi connectivity index (χ1v) is 5.95. The molecule has 1 aliphatic carbocycles. The van der Waals surface area contributed by atoms with Gasteiger partial charge in [0.05, 0.1) is 0 Å². The van der Waals surface area contributed by atoms with Crippen LogP contribution in [0.4, 0.5) is 4.39 Å². The largest absolute Gasteiger partial charge is 0.303 e. The Morgan fingerprint density at radius 1 is 1.12 bits per heavy atom. The molecule has 2 rings (SSSR count). The topological polar surface area (TPSA) is 17.1 Å². The lowest BCUT2D eigenvalue weighted by Gasteiger charge is -2.32. The molecule has 0 unspecified atom stereocenters. The molecule has 0 saturated heterocycles. The van der Waals surface area contributed by atoms with Gasteiger partial charge in [0.2, 0.25) is 0 Å². The van der Waals surface area contributed by atoms with Crippen molar-refractivity contribution in [3.8, 4) is 0 Å². The van der Waals surface area contributed by atoms with E-state index in [-0.39, 0.29) is 11.2 Å². The van der Waals surface area contributed by atoms with E-state index >= 15 is 0 Å². The lowest BCUT2D eigenvalue weighted by atomic mass is 9.71. The first kappa shape index (κ1) is 11.3. The Balaban J connectivity index is 2.11. The second-order valence-corrected chi connectivity index (χ2v) is 4.84. The molecule has 1 nitrogen and oxygen atoms in total. The lowest BCUT2D eigenvalue weighted by molar-refractivity contribution is -0.117. The highest BCUT2D eigenvalue weighted by molar-refractivity contribution is 5.60. The normalized spacial score (nSPS) is 19.3. The Morgan fingerprint density at radius 2 is 1.75 bits per heavy atom. The molecule has 0 radical (unpaired) electrons. The van der Waals surface area contributed by atoms with Gasteiger partial charge < -0.3 is 4.79 Å².